The van der Waals surface area contributed by atoms with Crippen molar-refractivity contribution in [2.75, 3.05) is 12.4 Å². The van der Waals surface area contributed by atoms with Gasteiger partial charge in [-0.3, -0.25) is 0 Å². The van der Waals surface area contributed by atoms with Crippen LogP contribution in [0.3, 0.4) is 0 Å². The van der Waals surface area contributed by atoms with E-state index in [0.29, 0.717) is 0 Å². The SMILES string of the molecule is [CH2]c1c(Nc2ccccc2)cccc1OC. The predicted molar refractivity (Wildman–Crippen MR) is 67.2 cm³/mol. The standard InChI is InChI=1S/C14H14NO/c1-11-13(9-6-10-14(11)16-2)15-12-7-4-3-5-8-12/h3-10,15H,1H2,2H3. The maximum atomic E-state index is 5.22. The number of rotatable bonds is 3. The van der Waals surface area contributed by atoms with E-state index < -0.39 is 0 Å². The summed E-state index contributed by atoms with van der Waals surface area (Å²) < 4.78 is 5.22. The highest BCUT2D eigenvalue weighted by Gasteiger charge is 2.03. The van der Waals surface area contributed by atoms with Crippen molar-refractivity contribution in [3.8, 4) is 5.75 Å². The lowest BCUT2D eigenvalue weighted by Gasteiger charge is -2.12. The van der Waals surface area contributed by atoms with Crippen molar-refractivity contribution >= 4 is 11.4 Å². The molecule has 2 aromatic carbocycles. The predicted octanol–water partition coefficient (Wildman–Crippen LogP) is 3.62. The molecule has 0 heterocycles. The molecule has 1 radical (unpaired) electrons. The second-order valence-corrected chi connectivity index (χ2v) is 3.48. The first-order valence-electron chi connectivity index (χ1n) is 5.12. The van der Waals surface area contributed by atoms with Gasteiger partial charge in [-0.05, 0) is 31.2 Å². The maximum absolute atomic E-state index is 5.22. The summed E-state index contributed by atoms with van der Waals surface area (Å²) in [7, 11) is 1.65. The zero-order valence-electron chi connectivity index (χ0n) is 9.23. The summed E-state index contributed by atoms with van der Waals surface area (Å²) in [6, 6.07) is 15.8. The van der Waals surface area contributed by atoms with Crippen LogP contribution in [-0.2, 0) is 0 Å². The van der Waals surface area contributed by atoms with Crippen LogP contribution in [0.1, 0.15) is 5.56 Å². The van der Waals surface area contributed by atoms with Crippen LogP contribution in [0.4, 0.5) is 11.4 Å². The monoisotopic (exact) mass is 212 g/mol. The van der Waals surface area contributed by atoms with Gasteiger partial charge in [0, 0.05) is 16.9 Å². The Hall–Kier alpha value is -1.96. The van der Waals surface area contributed by atoms with Crippen molar-refractivity contribution < 1.29 is 4.74 Å². The largest absolute Gasteiger partial charge is 0.496 e. The molecule has 2 nitrogen and oxygen atoms in total. The average Bonchev–Trinajstić information content (AvgIpc) is 2.33. The van der Waals surface area contributed by atoms with Crippen LogP contribution < -0.4 is 10.1 Å². The molecule has 0 saturated heterocycles. The van der Waals surface area contributed by atoms with Gasteiger partial charge in [-0.15, -0.1) is 0 Å². The maximum Gasteiger partial charge on any atom is 0.124 e. The smallest absolute Gasteiger partial charge is 0.124 e. The van der Waals surface area contributed by atoms with Crippen molar-refractivity contribution in [1.82, 2.24) is 0 Å². The molecule has 0 aromatic heterocycles. The summed E-state index contributed by atoms with van der Waals surface area (Å²) in [6.45, 7) is 4.00. The van der Waals surface area contributed by atoms with E-state index in [9.17, 15) is 0 Å². The number of hydrogen-bond acceptors (Lipinski definition) is 2. The molecule has 0 aliphatic carbocycles. The molecule has 16 heavy (non-hydrogen) atoms. The Bertz CT molecular complexity index is 465. The molecule has 1 N–H and O–H groups in total. The van der Waals surface area contributed by atoms with E-state index in [1.807, 2.05) is 48.5 Å². The van der Waals surface area contributed by atoms with Crippen LogP contribution in [0.15, 0.2) is 48.5 Å². The molecule has 0 amide bonds. The van der Waals surface area contributed by atoms with Crippen LogP contribution in [0.5, 0.6) is 5.75 Å². The Morgan fingerprint density at radius 1 is 1.00 bits per heavy atom. The summed E-state index contributed by atoms with van der Waals surface area (Å²) >= 11 is 0. The fourth-order valence-electron chi connectivity index (χ4n) is 1.55. The third-order valence-corrected chi connectivity index (χ3v) is 2.41. The minimum atomic E-state index is 0.793. The van der Waals surface area contributed by atoms with Crippen molar-refractivity contribution in [3.05, 3.63) is 61.0 Å². The highest BCUT2D eigenvalue weighted by molar-refractivity contribution is 5.67. The van der Waals surface area contributed by atoms with E-state index >= 15 is 0 Å². The van der Waals surface area contributed by atoms with Crippen molar-refractivity contribution in [1.29, 1.82) is 0 Å². The molecule has 0 saturated carbocycles. The second kappa shape index (κ2) is 4.71. The van der Waals surface area contributed by atoms with E-state index in [1.54, 1.807) is 7.11 Å². The van der Waals surface area contributed by atoms with Gasteiger partial charge in [0.15, 0.2) is 0 Å². The Kier molecular flexibility index (Phi) is 3.10. The van der Waals surface area contributed by atoms with Crippen LogP contribution in [-0.4, -0.2) is 7.11 Å². The van der Waals surface area contributed by atoms with E-state index in [0.717, 1.165) is 22.7 Å². The minimum absolute atomic E-state index is 0.793. The molecule has 0 bridgehead atoms. The van der Waals surface area contributed by atoms with Gasteiger partial charge in [0.1, 0.15) is 5.75 Å². The van der Waals surface area contributed by atoms with Crippen molar-refractivity contribution in [2.24, 2.45) is 0 Å². The van der Waals surface area contributed by atoms with Gasteiger partial charge in [0.2, 0.25) is 0 Å². The molecule has 2 aromatic rings. The zero-order chi connectivity index (χ0) is 11.4. The molecule has 0 atom stereocenters. The zero-order valence-corrected chi connectivity index (χ0v) is 9.23. The molecule has 81 valence electrons. The summed E-state index contributed by atoms with van der Waals surface area (Å²) in [5, 5.41) is 3.30. The first kappa shape index (κ1) is 10.6. The Balaban J connectivity index is 2.28. The molecule has 2 heteroatoms. The Labute approximate surface area is 95.9 Å². The lowest BCUT2D eigenvalue weighted by molar-refractivity contribution is 0.413. The summed E-state index contributed by atoms with van der Waals surface area (Å²) in [4.78, 5) is 0. The van der Waals surface area contributed by atoms with E-state index in [1.165, 1.54) is 0 Å². The van der Waals surface area contributed by atoms with Crippen LogP contribution in [0.2, 0.25) is 0 Å². The summed E-state index contributed by atoms with van der Waals surface area (Å²) in [5.74, 6) is 0.793. The van der Waals surface area contributed by atoms with Crippen molar-refractivity contribution in [2.45, 2.75) is 0 Å². The highest BCUT2D eigenvalue weighted by Crippen LogP contribution is 2.27. The third-order valence-electron chi connectivity index (χ3n) is 2.41. The van der Waals surface area contributed by atoms with Gasteiger partial charge in [-0.25, -0.2) is 0 Å². The number of nitrogens with one attached hydrogen (secondary N) is 1. The number of anilines is 2. The normalized spacial score (nSPS) is 9.88. The molecule has 0 aliphatic heterocycles. The van der Waals surface area contributed by atoms with Crippen LogP contribution >= 0.6 is 0 Å². The molecule has 0 spiro atoms. The quantitative estimate of drug-likeness (QED) is 0.839. The summed E-state index contributed by atoms with van der Waals surface area (Å²) in [5.41, 5.74) is 2.88. The Morgan fingerprint density at radius 2 is 1.75 bits per heavy atom. The van der Waals surface area contributed by atoms with E-state index in [4.69, 9.17) is 4.74 Å². The van der Waals surface area contributed by atoms with E-state index in [2.05, 4.69) is 12.2 Å². The number of benzene rings is 2. The van der Waals surface area contributed by atoms with Gasteiger partial charge in [0.05, 0.1) is 7.11 Å². The molecule has 0 fully saturated rings. The number of para-hydroxylation sites is 1. The van der Waals surface area contributed by atoms with Crippen LogP contribution in [0, 0.1) is 6.92 Å². The summed E-state index contributed by atoms with van der Waals surface area (Å²) in [6.07, 6.45) is 0. The lowest BCUT2D eigenvalue weighted by Crippen LogP contribution is -1.95. The fourth-order valence-corrected chi connectivity index (χ4v) is 1.55. The molecule has 0 unspecified atom stereocenters. The van der Waals surface area contributed by atoms with Gasteiger partial charge in [0.25, 0.3) is 0 Å². The molecule has 0 aliphatic rings. The fraction of sp³-hybridized carbons (Fsp3) is 0.0714. The van der Waals surface area contributed by atoms with Crippen LogP contribution in [0.25, 0.3) is 0 Å². The van der Waals surface area contributed by atoms with E-state index in [-0.39, 0.29) is 0 Å². The van der Waals surface area contributed by atoms with Gasteiger partial charge in [-0.1, -0.05) is 24.3 Å². The second-order valence-electron chi connectivity index (χ2n) is 3.48. The molecular formula is C14H14NO. The molecule has 2 rings (SSSR count). The minimum Gasteiger partial charge on any atom is -0.496 e. The van der Waals surface area contributed by atoms with Crippen molar-refractivity contribution in [3.63, 3.8) is 0 Å². The van der Waals surface area contributed by atoms with Gasteiger partial charge < -0.3 is 10.1 Å². The molecular weight excluding hydrogens is 198 g/mol. The number of ether oxygens (including phenoxy) is 1. The highest BCUT2D eigenvalue weighted by atomic mass is 16.5. The lowest BCUT2D eigenvalue weighted by atomic mass is 10.1. The number of hydrogen-bond donors (Lipinski definition) is 1. The average molecular weight is 212 g/mol. The Morgan fingerprint density at radius 3 is 2.44 bits per heavy atom. The third kappa shape index (κ3) is 2.16. The van der Waals surface area contributed by atoms with Gasteiger partial charge in [-0.2, -0.15) is 0 Å². The van der Waals surface area contributed by atoms with Gasteiger partial charge >= 0.3 is 0 Å². The number of methoxy groups -OCH3 is 1. The topological polar surface area (TPSA) is 21.3 Å². The first-order valence-corrected chi connectivity index (χ1v) is 5.12. The first-order chi connectivity index (χ1) is 7.81.